The molecule has 0 bridgehead atoms. The van der Waals surface area contributed by atoms with E-state index in [9.17, 15) is 0 Å². The molecule has 0 aromatic carbocycles. The van der Waals surface area contributed by atoms with E-state index in [0.29, 0.717) is 6.04 Å². The lowest BCUT2D eigenvalue weighted by Crippen LogP contribution is -2.15. The van der Waals surface area contributed by atoms with E-state index in [1.807, 2.05) is 11.6 Å². The standard InChI is InChI=1S/C9H13N3/c1-6-4-8(3)12-9(10-6)5-7(2)11-12/h4-5,8,10H,1-3H3. The lowest BCUT2D eigenvalue weighted by atomic mass is 10.2. The number of aryl methyl sites for hydroxylation is 1. The van der Waals surface area contributed by atoms with Gasteiger partial charge in [-0.3, -0.25) is 0 Å². The van der Waals surface area contributed by atoms with Gasteiger partial charge in [-0.05, 0) is 26.8 Å². The number of hydrogen-bond donors (Lipinski definition) is 1. The molecule has 0 saturated heterocycles. The van der Waals surface area contributed by atoms with Gasteiger partial charge >= 0.3 is 0 Å². The Morgan fingerprint density at radius 2 is 2.25 bits per heavy atom. The van der Waals surface area contributed by atoms with Crippen molar-refractivity contribution >= 4 is 5.82 Å². The zero-order valence-electron chi connectivity index (χ0n) is 7.63. The van der Waals surface area contributed by atoms with E-state index >= 15 is 0 Å². The fourth-order valence-electron chi connectivity index (χ4n) is 1.60. The Morgan fingerprint density at radius 1 is 1.50 bits per heavy atom. The molecular formula is C9H13N3. The molecule has 0 aliphatic carbocycles. The molecule has 0 fully saturated rings. The number of nitrogens with one attached hydrogen (secondary N) is 1. The van der Waals surface area contributed by atoms with Gasteiger partial charge < -0.3 is 5.32 Å². The number of allylic oxidation sites excluding steroid dienone is 2. The minimum Gasteiger partial charge on any atom is -0.344 e. The largest absolute Gasteiger partial charge is 0.344 e. The maximum atomic E-state index is 4.38. The normalized spacial score (nSPS) is 21.2. The van der Waals surface area contributed by atoms with E-state index in [0.717, 1.165) is 11.5 Å². The summed E-state index contributed by atoms with van der Waals surface area (Å²) in [7, 11) is 0. The maximum Gasteiger partial charge on any atom is 0.129 e. The Labute approximate surface area is 72.1 Å². The fraction of sp³-hybridized carbons (Fsp3) is 0.444. The van der Waals surface area contributed by atoms with Crippen molar-refractivity contribution in [2.75, 3.05) is 5.32 Å². The first-order valence-corrected chi connectivity index (χ1v) is 4.18. The average molecular weight is 163 g/mol. The molecule has 1 aromatic heterocycles. The van der Waals surface area contributed by atoms with Crippen LogP contribution in [0.5, 0.6) is 0 Å². The molecule has 0 saturated carbocycles. The summed E-state index contributed by atoms with van der Waals surface area (Å²) in [6.07, 6.45) is 2.17. The van der Waals surface area contributed by atoms with E-state index < -0.39 is 0 Å². The Balaban J connectivity index is 2.47. The first kappa shape index (κ1) is 7.40. The van der Waals surface area contributed by atoms with Crippen LogP contribution in [0.15, 0.2) is 17.8 Å². The molecule has 1 unspecified atom stereocenters. The van der Waals surface area contributed by atoms with Crippen molar-refractivity contribution < 1.29 is 0 Å². The Hall–Kier alpha value is -1.25. The number of aromatic nitrogens is 2. The monoisotopic (exact) mass is 163 g/mol. The van der Waals surface area contributed by atoms with Gasteiger partial charge in [-0.2, -0.15) is 5.10 Å². The van der Waals surface area contributed by atoms with Crippen LogP contribution in [0.25, 0.3) is 0 Å². The van der Waals surface area contributed by atoms with Crippen LogP contribution in [-0.2, 0) is 0 Å². The number of fused-ring (bicyclic) bond motifs is 1. The summed E-state index contributed by atoms with van der Waals surface area (Å²) in [5, 5.41) is 7.65. The third kappa shape index (κ3) is 1.02. The van der Waals surface area contributed by atoms with Gasteiger partial charge in [-0.25, -0.2) is 4.68 Å². The van der Waals surface area contributed by atoms with Crippen LogP contribution < -0.4 is 5.32 Å². The van der Waals surface area contributed by atoms with Crippen molar-refractivity contribution in [3.8, 4) is 0 Å². The average Bonchev–Trinajstić information content (AvgIpc) is 2.29. The van der Waals surface area contributed by atoms with E-state index in [4.69, 9.17) is 0 Å². The molecule has 64 valence electrons. The smallest absolute Gasteiger partial charge is 0.129 e. The second-order valence-electron chi connectivity index (χ2n) is 3.33. The molecule has 3 heteroatoms. The van der Waals surface area contributed by atoms with Crippen LogP contribution >= 0.6 is 0 Å². The molecule has 2 rings (SSSR count). The van der Waals surface area contributed by atoms with Gasteiger partial charge in [0.25, 0.3) is 0 Å². The van der Waals surface area contributed by atoms with Crippen LogP contribution in [0.3, 0.4) is 0 Å². The van der Waals surface area contributed by atoms with Crippen molar-refractivity contribution in [3.05, 3.63) is 23.5 Å². The summed E-state index contributed by atoms with van der Waals surface area (Å²) in [6.45, 7) is 6.22. The van der Waals surface area contributed by atoms with Crippen LogP contribution in [-0.4, -0.2) is 9.78 Å². The zero-order valence-corrected chi connectivity index (χ0v) is 7.63. The van der Waals surface area contributed by atoms with E-state index in [2.05, 4.69) is 36.4 Å². The van der Waals surface area contributed by atoms with Gasteiger partial charge in [0.2, 0.25) is 0 Å². The van der Waals surface area contributed by atoms with Crippen LogP contribution in [0.1, 0.15) is 25.6 Å². The highest BCUT2D eigenvalue weighted by molar-refractivity contribution is 5.46. The number of nitrogens with zero attached hydrogens (tertiary/aromatic N) is 2. The zero-order chi connectivity index (χ0) is 8.72. The summed E-state index contributed by atoms with van der Waals surface area (Å²) in [5.74, 6) is 1.10. The predicted octanol–water partition coefficient (Wildman–Crippen LogP) is 2.08. The molecule has 0 spiro atoms. The van der Waals surface area contributed by atoms with Gasteiger partial charge in [-0.1, -0.05) is 0 Å². The summed E-state index contributed by atoms with van der Waals surface area (Å²) >= 11 is 0. The minimum absolute atomic E-state index is 0.370. The lowest BCUT2D eigenvalue weighted by molar-refractivity contribution is 0.570. The Morgan fingerprint density at radius 3 is 3.00 bits per heavy atom. The molecule has 0 radical (unpaired) electrons. The fourth-order valence-corrected chi connectivity index (χ4v) is 1.60. The van der Waals surface area contributed by atoms with Gasteiger partial charge in [0.15, 0.2) is 0 Å². The van der Waals surface area contributed by atoms with Gasteiger partial charge in [0, 0.05) is 11.8 Å². The molecule has 2 heterocycles. The van der Waals surface area contributed by atoms with Crippen LogP contribution in [0.4, 0.5) is 5.82 Å². The molecule has 1 aliphatic rings. The quantitative estimate of drug-likeness (QED) is 0.634. The number of anilines is 1. The molecule has 12 heavy (non-hydrogen) atoms. The van der Waals surface area contributed by atoms with Crippen molar-refractivity contribution in [3.63, 3.8) is 0 Å². The van der Waals surface area contributed by atoms with Gasteiger partial charge in [-0.15, -0.1) is 0 Å². The first-order chi connectivity index (χ1) is 5.66. The second-order valence-corrected chi connectivity index (χ2v) is 3.33. The Bertz CT molecular complexity index is 336. The lowest BCUT2D eigenvalue weighted by Gasteiger charge is -2.19. The molecule has 1 aromatic rings. The third-order valence-corrected chi connectivity index (χ3v) is 2.06. The van der Waals surface area contributed by atoms with E-state index in [1.165, 1.54) is 5.70 Å². The van der Waals surface area contributed by atoms with Crippen molar-refractivity contribution in [2.45, 2.75) is 26.8 Å². The maximum absolute atomic E-state index is 4.38. The number of rotatable bonds is 0. The van der Waals surface area contributed by atoms with Crippen LogP contribution in [0, 0.1) is 6.92 Å². The van der Waals surface area contributed by atoms with Crippen molar-refractivity contribution in [2.24, 2.45) is 0 Å². The van der Waals surface area contributed by atoms with Crippen molar-refractivity contribution in [1.82, 2.24) is 9.78 Å². The molecule has 1 aliphatic heterocycles. The predicted molar refractivity (Wildman–Crippen MR) is 49.1 cm³/mol. The SMILES string of the molecule is CC1=CC(C)n2nc(C)cc2N1. The summed E-state index contributed by atoms with van der Waals surface area (Å²) in [4.78, 5) is 0. The van der Waals surface area contributed by atoms with Crippen molar-refractivity contribution in [1.29, 1.82) is 0 Å². The highest BCUT2D eigenvalue weighted by Crippen LogP contribution is 2.23. The first-order valence-electron chi connectivity index (χ1n) is 4.18. The summed E-state index contributed by atoms with van der Waals surface area (Å²) in [6, 6.07) is 2.43. The highest BCUT2D eigenvalue weighted by Gasteiger charge is 2.14. The molecule has 3 nitrogen and oxygen atoms in total. The molecular weight excluding hydrogens is 150 g/mol. The number of hydrogen-bond acceptors (Lipinski definition) is 2. The third-order valence-electron chi connectivity index (χ3n) is 2.06. The van der Waals surface area contributed by atoms with Gasteiger partial charge in [0.05, 0.1) is 11.7 Å². The topological polar surface area (TPSA) is 29.9 Å². The molecule has 0 amide bonds. The highest BCUT2D eigenvalue weighted by atomic mass is 15.4. The summed E-state index contributed by atoms with van der Waals surface area (Å²) in [5.41, 5.74) is 2.27. The minimum atomic E-state index is 0.370. The molecule has 1 atom stereocenters. The molecule has 1 N–H and O–H groups in total. The van der Waals surface area contributed by atoms with E-state index in [-0.39, 0.29) is 0 Å². The van der Waals surface area contributed by atoms with E-state index in [1.54, 1.807) is 0 Å². The summed E-state index contributed by atoms with van der Waals surface area (Å²) < 4.78 is 2.00. The second kappa shape index (κ2) is 2.37. The van der Waals surface area contributed by atoms with Gasteiger partial charge in [0.1, 0.15) is 5.82 Å². The Kier molecular flexibility index (Phi) is 1.46. The van der Waals surface area contributed by atoms with Crippen LogP contribution in [0.2, 0.25) is 0 Å².